The van der Waals surface area contributed by atoms with E-state index in [0.29, 0.717) is 5.54 Å². The maximum absolute atomic E-state index is 3.86. The Bertz CT molecular complexity index is 308. The standard InChI is InChI=1S/C8H11.C4H10N.2ClH.H3Si.Ti/c1-3-8-6-4-5-7(8)2;1-4(2,3)5;;;;/h6H,3,5H2,1-2H3;5H,1-3H3;2*1H;1H3;/q;-1;;;;+3/p-2. The van der Waals surface area contributed by atoms with E-state index >= 15 is 0 Å². The Morgan fingerprint density at radius 1 is 1.35 bits per heavy atom. The van der Waals surface area contributed by atoms with Crippen molar-refractivity contribution >= 4 is 8.11 Å². The number of allylic oxidation sites excluding steroid dienone is 4. The molecule has 0 saturated heterocycles. The van der Waals surface area contributed by atoms with Crippen molar-refractivity contribution in [2.75, 3.05) is 0 Å². The zero-order chi connectivity index (χ0) is 11.6. The van der Waals surface area contributed by atoms with E-state index < -0.39 is 17.4 Å². The molecule has 0 aromatic rings. The van der Waals surface area contributed by atoms with Crippen LogP contribution < -0.4 is 28.6 Å². The van der Waals surface area contributed by atoms with Crippen molar-refractivity contribution in [2.45, 2.75) is 53.0 Å². The van der Waals surface area contributed by atoms with Gasteiger partial charge in [-0.05, 0) is 0 Å². The van der Waals surface area contributed by atoms with Gasteiger partial charge in [-0.15, -0.1) is 0 Å². The van der Waals surface area contributed by atoms with Gasteiger partial charge >= 0.3 is 103 Å². The van der Waals surface area contributed by atoms with Crippen LogP contribution in [0.5, 0.6) is 0 Å². The normalized spacial score (nSPS) is 15.2. The molecule has 0 spiro atoms. The summed E-state index contributed by atoms with van der Waals surface area (Å²) in [5.41, 5.74) is 3.52. The molecule has 0 aromatic carbocycles. The van der Waals surface area contributed by atoms with Gasteiger partial charge in [0, 0.05) is 0 Å². The van der Waals surface area contributed by atoms with Gasteiger partial charge in [0.25, 0.3) is 0 Å². The van der Waals surface area contributed by atoms with Crippen LogP contribution in [-0.4, -0.2) is 13.6 Å². The van der Waals surface area contributed by atoms with Crippen LogP contribution in [0.15, 0.2) is 21.1 Å². The van der Waals surface area contributed by atoms with Gasteiger partial charge < -0.3 is 24.8 Å². The molecule has 99 valence electrons. The first-order valence-electron chi connectivity index (χ1n) is 5.85. The molecule has 0 aromatic heterocycles. The fourth-order valence-electron chi connectivity index (χ4n) is 2.07. The number of hydrogen-bond acceptors (Lipinski definition) is 1. The van der Waals surface area contributed by atoms with E-state index in [2.05, 4.69) is 44.5 Å². The minimum atomic E-state index is -1.04. The molecule has 5 heteroatoms. The molecule has 0 aliphatic heterocycles. The van der Waals surface area contributed by atoms with Crippen molar-refractivity contribution in [3.63, 3.8) is 0 Å². The Balaban J connectivity index is 0. The van der Waals surface area contributed by atoms with Gasteiger partial charge in [0.1, 0.15) is 0 Å². The molecule has 0 fully saturated rings. The second-order valence-corrected chi connectivity index (χ2v) is 13.0. The van der Waals surface area contributed by atoms with Gasteiger partial charge in [-0.1, -0.05) is 0 Å². The van der Waals surface area contributed by atoms with E-state index in [0.717, 1.165) is 0 Å². The SMILES string of the molecule is CCC1=C(C)C[C]([Ti+2]([SiH3])[NH]C(C)(C)C)=C1.[Cl-].[Cl-]. The molecular formula is C12H24Cl2NSiTi. The van der Waals surface area contributed by atoms with E-state index in [9.17, 15) is 0 Å². The second-order valence-electron chi connectivity index (χ2n) is 5.51. The Morgan fingerprint density at radius 3 is 2.24 bits per heavy atom. The van der Waals surface area contributed by atoms with Gasteiger partial charge in [-0.3, -0.25) is 0 Å². The van der Waals surface area contributed by atoms with Crippen LogP contribution in [0.25, 0.3) is 0 Å². The molecule has 0 bridgehead atoms. The molecular weight excluding hydrogens is 305 g/mol. The van der Waals surface area contributed by atoms with Gasteiger partial charge in [-0.25, -0.2) is 0 Å². The van der Waals surface area contributed by atoms with E-state index in [4.69, 9.17) is 0 Å². The fourth-order valence-corrected chi connectivity index (χ4v) is 9.93. The molecule has 1 aliphatic rings. The molecule has 1 N–H and O–H groups in total. The van der Waals surface area contributed by atoms with Crippen LogP contribution >= 0.6 is 0 Å². The van der Waals surface area contributed by atoms with Crippen LogP contribution in [0.1, 0.15) is 47.5 Å². The number of hydrogen-bond donors (Lipinski definition) is 1. The summed E-state index contributed by atoms with van der Waals surface area (Å²) in [7, 11) is 1.36. The Morgan fingerprint density at radius 2 is 1.88 bits per heavy atom. The Labute approximate surface area is 127 Å². The third-order valence-electron chi connectivity index (χ3n) is 2.78. The largest absolute Gasteiger partial charge is 1.00 e. The first-order chi connectivity index (χ1) is 6.83. The van der Waals surface area contributed by atoms with Crippen LogP contribution in [-0.2, 0) is 17.4 Å². The van der Waals surface area contributed by atoms with Gasteiger partial charge in [0.2, 0.25) is 0 Å². The predicted molar refractivity (Wildman–Crippen MR) is 68.5 cm³/mol. The molecule has 0 unspecified atom stereocenters. The number of rotatable bonds is 3. The zero-order valence-electron chi connectivity index (χ0n) is 11.7. The van der Waals surface area contributed by atoms with Crippen molar-refractivity contribution in [3.8, 4) is 0 Å². The third-order valence-corrected chi connectivity index (χ3v) is 10.2. The molecule has 0 atom stereocenters. The number of nitrogens with one attached hydrogen (secondary N) is 1. The maximum Gasteiger partial charge on any atom is -1.00 e. The van der Waals surface area contributed by atoms with Crippen LogP contribution in [0.2, 0.25) is 0 Å². The molecule has 17 heavy (non-hydrogen) atoms. The Hall–Kier alpha value is 0.951. The minimum absolute atomic E-state index is 0. The van der Waals surface area contributed by atoms with Crippen LogP contribution in [0, 0.1) is 0 Å². The van der Waals surface area contributed by atoms with Crippen molar-refractivity contribution in [1.29, 1.82) is 0 Å². The molecule has 0 heterocycles. The molecule has 1 aliphatic carbocycles. The molecule has 0 saturated carbocycles. The summed E-state index contributed by atoms with van der Waals surface area (Å²) >= 11 is -1.04. The molecule has 1 rings (SSSR count). The first-order valence-corrected chi connectivity index (χ1v) is 13.1. The summed E-state index contributed by atoms with van der Waals surface area (Å²) in [6.07, 6.45) is 4.97. The number of halogens is 2. The summed E-state index contributed by atoms with van der Waals surface area (Å²) in [5.74, 6) is 0. The average Bonchev–Trinajstić information content (AvgIpc) is 2.43. The molecule has 0 radical (unpaired) electrons. The summed E-state index contributed by atoms with van der Waals surface area (Å²) in [4.78, 5) is 0. The summed E-state index contributed by atoms with van der Waals surface area (Å²) < 4.78 is 5.63. The first kappa shape index (κ1) is 20.3. The monoisotopic (exact) mass is 328 g/mol. The predicted octanol–water partition coefficient (Wildman–Crippen LogP) is -3.79. The van der Waals surface area contributed by atoms with Crippen molar-refractivity contribution in [1.82, 2.24) is 3.80 Å². The Kier molecular flexibility index (Phi) is 9.76. The average molecular weight is 329 g/mol. The topological polar surface area (TPSA) is 12.0 Å². The third kappa shape index (κ3) is 6.61. The summed E-state index contributed by atoms with van der Waals surface area (Å²) in [6, 6.07) is 0. The van der Waals surface area contributed by atoms with E-state index in [1.807, 2.05) is 0 Å². The van der Waals surface area contributed by atoms with E-state index in [-0.39, 0.29) is 24.8 Å². The summed E-state index contributed by atoms with van der Waals surface area (Å²) in [6.45, 7) is 11.4. The quantitative estimate of drug-likeness (QED) is 0.524. The molecule has 1 nitrogen and oxygen atoms in total. The van der Waals surface area contributed by atoms with Crippen LogP contribution in [0.3, 0.4) is 0 Å². The van der Waals surface area contributed by atoms with Gasteiger partial charge in [0.15, 0.2) is 0 Å². The van der Waals surface area contributed by atoms with Crippen LogP contribution in [0.4, 0.5) is 0 Å². The second kappa shape index (κ2) is 8.19. The zero-order valence-corrected chi connectivity index (χ0v) is 16.8. The van der Waals surface area contributed by atoms with E-state index in [1.165, 1.54) is 21.0 Å². The maximum atomic E-state index is 3.86. The molecule has 0 amide bonds. The van der Waals surface area contributed by atoms with E-state index in [1.54, 1.807) is 15.0 Å². The summed E-state index contributed by atoms with van der Waals surface area (Å²) in [5, 5.41) is 0. The van der Waals surface area contributed by atoms with Crippen molar-refractivity contribution < 1.29 is 42.2 Å². The smallest absolute Gasteiger partial charge is 1.00 e. The van der Waals surface area contributed by atoms with Crippen molar-refractivity contribution in [3.05, 3.63) is 21.1 Å². The minimum Gasteiger partial charge on any atom is -1.00 e. The fraction of sp³-hybridized carbons (Fsp3) is 0.667. The van der Waals surface area contributed by atoms with Gasteiger partial charge in [-0.2, -0.15) is 0 Å². The van der Waals surface area contributed by atoms with Gasteiger partial charge in [0.05, 0.1) is 0 Å². The van der Waals surface area contributed by atoms with Crippen molar-refractivity contribution in [2.24, 2.45) is 0 Å².